The second kappa shape index (κ2) is 11.0. The molecule has 0 aromatic heterocycles. The summed E-state index contributed by atoms with van der Waals surface area (Å²) in [5.74, 6) is -3.64. The number of hydrogen-bond acceptors (Lipinski definition) is 5. The number of phenols is 1. The van der Waals surface area contributed by atoms with E-state index in [9.17, 15) is 32.6 Å². The van der Waals surface area contributed by atoms with Gasteiger partial charge in [-0.05, 0) is 43.7 Å². The van der Waals surface area contributed by atoms with E-state index >= 15 is 0 Å². The van der Waals surface area contributed by atoms with Crippen molar-refractivity contribution in [2.24, 2.45) is 0 Å². The maximum Gasteiger partial charge on any atom is 0.416 e. The van der Waals surface area contributed by atoms with Crippen LogP contribution in [0, 0.1) is 5.82 Å². The SMILES string of the molecule is CC(C)OC(Cc1cccc(OCCCOc2cc(C(F)(F)F)cc(F)c2O)c1)C(=O)O. The molecule has 32 heavy (non-hydrogen) atoms. The number of hydrogen-bond donors (Lipinski definition) is 2. The van der Waals surface area contributed by atoms with Crippen LogP contribution in [0.15, 0.2) is 36.4 Å². The van der Waals surface area contributed by atoms with Crippen molar-refractivity contribution in [3.8, 4) is 17.2 Å². The minimum absolute atomic E-state index is 0.122. The van der Waals surface area contributed by atoms with E-state index in [1.165, 1.54) is 0 Å². The van der Waals surface area contributed by atoms with Crippen LogP contribution >= 0.6 is 0 Å². The monoisotopic (exact) mass is 460 g/mol. The summed E-state index contributed by atoms with van der Waals surface area (Å²) in [6.45, 7) is 3.48. The van der Waals surface area contributed by atoms with Crippen LogP contribution in [-0.4, -0.2) is 41.6 Å². The van der Waals surface area contributed by atoms with Gasteiger partial charge in [0.25, 0.3) is 0 Å². The number of benzene rings is 2. The van der Waals surface area contributed by atoms with Gasteiger partial charge < -0.3 is 24.4 Å². The normalized spacial score (nSPS) is 12.6. The van der Waals surface area contributed by atoms with Crippen LogP contribution in [-0.2, 0) is 22.1 Å². The number of rotatable bonds is 11. The van der Waals surface area contributed by atoms with Crippen molar-refractivity contribution in [2.45, 2.75) is 45.1 Å². The highest BCUT2D eigenvalue weighted by molar-refractivity contribution is 5.72. The number of aromatic hydroxyl groups is 1. The van der Waals surface area contributed by atoms with Crippen LogP contribution in [0.2, 0.25) is 0 Å². The molecule has 0 bridgehead atoms. The molecular weight excluding hydrogens is 436 g/mol. The van der Waals surface area contributed by atoms with E-state index in [2.05, 4.69) is 0 Å². The highest BCUT2D eigenvalue weighted by atomic mass is 19.4. The number of aliphatic carboxylic acids is 1. The van der Waals surface area contributed by atoms with E-state index in [1.54, 1.807) is 38.1 Å². The van der Waals surface area contributed by atoms with Crippen molar-refractivity contribution in [1.82, 2.24) is 0 Å². The van der Waals surface area contributed by atoms with Gasteiger partial charge in [0.1, 0.15) is 5.75 Å². The molecule has 2 aromatic carbocycles. The smallest absolute Gasteiger partial charge is 0.416 e. The second-order valence-corrected chi connectivity index (χ2v) is 7.22. The molecule has 0 aliphatic heterocycles. The fraction of sp³-hybridized carbons (Fsp3) is 0.409. The molecule has 2 rings (SSSR count). The van der Waals surface area contributed by atoms with E-state index in [4.69, 9.17) is 14.2 Å². The number of phenolic OH excluding ortho intramolecular Hbond substituents is 1. The van der Waals surface area contributed by atoms with Crippen molar-refractivity contribution < 1.29 is 46.8 Å². The number of halogens is 4. The summed E-state index contributed by atoms with van der Waals surface area (Å²) in [6, 6.07) is 7.48. The second-order valence-electron chi connectivity index (χ2n) is 7.22. The van der Waals surface area contributed by atoms with Gasteiger partial charge in [-0.1, -0.05) is 12.1 Å². The van der Waals surface area contributed by atoms with Crippen molar-refractivity contribution in [3.63, 3.8) is 0 Å². The zero-order chi connectivity index (χ0) is 23.9. The Balaban J connectivity index is 1.88. The third kappa shape index (κ3) is 7.60. The van der Waals surface area contributed by atoms with Crippen LogP contribution < -0.4 is 9.47 Å². The molecule has 0 heterocycles. The van der Waals surface area contributed by atoms with E-state index in [0.717, 1.165) is 0 Å². The molecule has 0 aliphatic rings. The van der Waals surface area contributed by atoms with Gasteiger partial charge in [0, 0.05) is 12.8 Å². The van der Waals surface area contributed by atoms with Crippen LogP contribution in [0.25, 0.3) is 0 Å². The quantitative estimate of drug-likeness (QED) is 0.370. The molecular formula is C22H24F4O6. The van der Waals surface area contributed by atoms with Crippen molar-refractivity contribution in [2.75, 3.05) is 13.2 Å². The number of alkyl halides is 3. The van der Waals surface area contributed by atoms with E-state index in [1.807, 2.05) is 0 Å². The van der Waals surface area contributed by atoms with E-state index in [-0.39, 0.29) is 38.2 Å². The predicted octanol–water partition coefficient (Wildman–Crippen LogP) is 4.82. The lowest BCUT2D eigenvalue weighted by molar-refractivity contribution is -0.153. The molecule has 6 nitrogen and oxygen atoms in total. The minimum atomic E-state index is -4.78. The molecule has 0 aliphatic carbocycles. The predicted molar refractivity (Wildman–Crippen MR) is 106 cm³/mol. The van der Waals surface area contributed by atoms with E-state index < -0.39 is 41.1 Å². The number of carbonyl (C=O) groups is 1. The molecule has 176 valence electrons. The summed E-state index contributed by atoms with van der Waals surface area (Å²) in [6.07, 6.45) is -5.65. The van der Waals surface area contributed by atoms with Crippen LogP contribution in [0.3, 0.4) is 0 Å². The Morgan fingerprint density at radius 1 is 1.09 bits per heavy atom. The van der Waals surface area contributed by atoms with Gasteiger partial charge in [-0.25, -0.2) is 9.18 Å². The van der Waals surface area contributed by atoms with Crippen molar-refractivity contribution >= 4 is 5.97 Å². The maximum atomic E-state index is 13.5. The molecule has 2 N–H and O–H groups in total. The molecule has 0 spiro atoms. The lowest BCUT2D eigenvalue weighted by Gasteiger charge is -2.17. The maximum absolute atomic E-state index is 13.5. The summed E-state index contributed by atoms with van der Waals surface area (Å²) in [5.41, 5.74) is -0.576. The Morgan fingerprint density at radius 2 is 1.78 bits per heavy atom. The third-order valence-electron chi connectivity index (χ3n) is 4.20. The topological polar surface area (TPSA) is 85.2 Å². The molecule has 0 saturated heterocycles. The summed E-state index contributed by atoms with van der Waals surface area (Å²) in [4.78, 5) is 11.3. The lowest BCUT2D eigenvalue weighted by atomic mass is 10.1. The Kier molecular flexibility index (Phi) is 8.71. The van der Waals surface area contributed by atoms with E-state index in [0.29, 0.717) is 17.4 Å². The van der Waals surface area contributed by atoms with Crippen molar-refractivity contribution in [3.05, 3.63) is 53.3 Å². The first-order valence-electron chi connectivity index (χ1n) is 9.80. The van der Waals surface area contributed by atoms with Crippen LogP contribution in [0.5, 0.6) is 17.2 Å². The summed E-state index contributed by atoms with van der Waals surface area (Å²) >= 11 is 0. The van der Waals surface area contributed by atoms with Gasteiger partial charge in [0.2, 0.25) is 0 Å². The van der Waals surface area contributed by atoms with Crippen molar-refractivity contribution in [1.29, 1.82) is 0 Å². The minimum Gasteiger partial charge on any atom is -0.502 e. The molecule has 0 radical (unpaired) electrons. The summed E-state index contributed by atoms with van der Waals surface area (Å²) < 4.78 is 67.8. The van der Waals surface area contributed by atoms with Gasteiger partial charge in [-0.3, -0.25) is 0 Å². The van der Waals surface area contributed by atoms with Crippen LogP contribution in [0.4, 0.5) is 17.6 Å². The molecule has 2 aromatic rings. The Hall–Kier alpha value is -3.01. The Labute approximate surface area is 182 Å². The third-order valence-corrected chi connectivity index (χ3v) is 4.20. The zero-order valence-corrected chi connectivity index (χ0v) is 17.5. The average Bonchev–Trinajstić information content (AvgIpc) is 2.69. The summed E-state index contributed by atoms with van der Waals surface area (Å²) in [7, 11) is 0. The fourth-order valence-electron chi connectivity index (χ4n) is 2.78. The largest absolute Gasteiger partial charge is 0.502 e. The Bertz CT molecular complexity index is 914. The Morgan fingerprint density at radius 3 is 2.41 bits per heavy atom. The summed E-state index contributed by atoms with van der Waals surface area (Å²) in [5, 5.41) is 18.8. The lowest BCUT2D eigenvalue weighted by Crippen LogP contribution is -2.29. The first-order chi connectivity index (χ1) is 15.0. The molecule has 1 atom stereocenters. The first kappa shape index (κ1) is 25.3. The molecule has 0 saturated carbocycles. The molecule has 1 unspecified atom stereocenters. The fourth-order valence-corrected chi connectivity index (χ4v) is 2.78. The molecule has 0 fully saturated rings. The molecule has 0 amide bonds. The average molecular weight is 460 g/mol. The van der Waals surface area contributed by atoms with Crippen LogP contribution in [0.1, 0.15) is 31.4 Å². The molecule has 10 heteroatoms. The van der Waals surface area contributed by atoms with Gasteiger partial charge in [0.15, 0.2) is 23.4 Å². The van der Waals surface area contributed by atoms with Gasteiger partial charge in [0.05, 0.1) is 24.9 Å². The number of ether oxygens (including phenoxy) is 3. The van der Waals surface area contributed by atoms with Gasteiger partial charge in [-0.15, -0.1) is 0 Å². The first-order valence-corrected chi connectivity index (χ1v) is 9.80. The highest BCUT2D eigenvalue weighted by Crippen LogP contribution is 2.37. The number of carboxylic acid groups (broad SMARTS) is 1. The van der Waals surface area contributed by atoms with Gasteiger partial charge in [-0.2, -0.15) is 13.2 Å². The number of carboxylic acids is 1. The zero-order valence-electron chi connectivity index (χ0n) is 17.5. The standard InChI is InChI=1S/C22H24F4O6/c1-13(2)32-19(21(28)29)10-14-5-3-6-16(9-14)30-7-4-8-31-18-12-15(22(24,25)26)11-17(23)20(18)27/h3,5-6,9,11-13,19,27H,4,7-8,10H2,1-2H3,(H,28,29). The van der Waals surface area contributed by atoms with Gasteiger partial charge >= 0.3 is 12.1 Å². The highest BCUT2D eigenvalue weighted by Gasteiger charge is 2.33.